The van der Waals surface area contributed by atoms with E-state index >= 15 is 0 Å². The van der Waals surface area contributed by atoms with Crippen molar-refractivity contribution in [3.05, 3.63) is 39.7 Å². The van der Waals surface area contributed by atoms with Crippen molar-refractivity contribution >= 4 is 11.6 Å². The van der Waals surface area contributed by atoms with Gasteiger partial charge in [-0.3, -0.25) is 14.9 Å². The van der Waals surface area contributed by atoms with Crippen molar-refractivity contribution in [2.75, 3.05) is 26.2 Å². The zero-order chi connectivity index (χ0) is 16.4. The lowest BCUT2D eigenvalue weighted by atomic mass is 9.71. The summed E-state index contributed by atoms with van der Waals surface area (Å²) in [5.74, 6) is -1.08. The maximum absolute atomic E-state index is 13.4. The fourth-order valence-corrected chi connectivity index (χ4v) is 3.65. The second-order valence-corrected chi connectivity index (χ2v) is 6.46. The van der Waals surface area contributed by atoms with Crippen LogP contribution < -0.4 is 5.32 Å². The Balaban J connectivity index is 1.75. The van der Waals surface area contributed by atoms with Crippen LogP contribution in [-0.2, 0) is 0 Å². The first-order chi connectivity index (χ1) is 11.0. The summed E-state index contributed by atoms with van der Waals surface area (Å²) >= 11 is 0. The van der Waals surface area contributed by atoms with Gasteiger partial charge in [-0.2, -0.15) is 0 Å². The molecule has 124 valence electrons. The summed E-state index contributed by atoms with van der Waals surface area (Å²) in [6.07, 6.45) is 4.03. The predicted octanol–water partition coefficient (Wildman–Crippen LogP) is 2.34. The van der Waals surface area contributed by atoms with Gasteiger partial charge in [0, 0.05) is 19.2 Å². The average Bonchev–Trinajstić information content (AvgIpc) is 2.55. The monoisotopic (exact) mass is 321 g/mol. The van der Waals surface area contributed by atoms with Gasteiger partial charge in [0.1, 0.15) is 11.4 Å². The van der Waals surface area contributed by atoms with E-state index in [0.717, 1.165) is 57.0 Å². The summed E-state index contributed by atoms with van der Waals surface area (Å²) in [7, 11) is 0. The standard InChI is InChI=1S/C16H20FN3O3/c17-12-1-2-14(20(22)23)13(11-12)15(21)19-9-5-16(6-10-19)3-7-18-8-4-16/h1-2,11,18H,3-10H2. The molecule has 0 saturated carbocycles. The van der Waals surface area contributed by atoms with Gasteiger partial charge in [0.15, 0.2) is 0 Å². The number of nitro benzene ring substituents is 1. The van der Waals surface area contributed by atoms with E-state index in [1.807, 2.05) is 0 Å². The molecule has 7 heteroatoms. The number of nitro groups is 1. The molecule has 2 heterocycles. The Hall–Kier alpha value is -2.02. The second-order valence-electron chi connectivity index (χ2n) is 6.46. The van der Waals surface area contributed by atoms with Crippen LogP contribution in [0.1, 0.15) is 36.0 Å². The molecule has 1 amide bonds. The highest BCUT2D eigenvalue weighted by Gasteiger charge is 2.37. The number of carbonyl (C=O) groups is 1. The van der Waals surface area contributed by atoms with E-state index in [4.69, 9.17) is 0 Å². The van der Waals surface area contributed by atoms with Crippen molar-refractivity contribution in [3.63, 3.8) is 0 Å². The van der Waals surface area contributed by atoms with Crippen LogP contribution >= 0.6 is 0 Å². The minimum absolute atomic E-state index is 0.156. The Morgan fingerprint density at radius 1 is 1.22 bits per heavy atom. The lowest BCUT2D eigenvalue weighted by Crippen LogP contribution is -2.47. The maximum atomic E-state index is 13.4. The van der Waals surface area contributed by atoms with Crippen LogP contribution in [0, 0.1) is 21.3 Å². The number of nitrogens with zero attached hydrogens (tertiary/aromatic N) is 2. The first kappa shape index (κ1) is 15.9. The average molecular weight is 321 g/mol. The van der Waals surface area contributed by atoms with E-state index in [1.54, 1.807) is 4.90 Å². The lowest BCUT2D eigenvalue weighted by molar-refractivity contribution is -0.385. The molecule has 1 aromatic carbocycles. The van der Waals surface area contributed by atoms with Gasteiger partial charge in [0.2, 0.25) is 0 Å². The molecule has 2 aliphatic heterocycles. The third-order valence-corrected chi connectivity index (χ3v) is 5.16. The van der Waals surface area contributed by atoms with Crippen LogP contribution in [0.3, 0.4) is 0 Å². The third kappa shape index (κ3) is 3.19. The van der Waals surface area contributed by atoms with Gasteiger partial charge in [-0.05, 0) is 56.3 Å². The van der Waals surface area contributed by atoms with Crippen LogP contribution in [0.15, 0.2) is 18.2 Å². The highest BCUT2D eigenvalue weighted by molar-refractivity contribution is 5.98. The Morgan fingerprint density at radius 2 is 1.87 bits per heavy atom. The smallest absolute Gasteiger partial charge is 0.282 e. The molecule has 1 aromatic rings. The fraction of sp³-hybridized carbons (Fsp3) is 0.562. The molecule has 0 radical (unpaired) electrons. The van der Waals surface area contributed by atoms with E-state index < -0.39 is 16.6 Å². The minimum atomic E-state index is -0.634. The highest BCUT2D eigenvalue weighted by atomic mass is 19.1. The van der Waals surface area contributed by atoms with Gasteiger partial charge in [0.05, 0.1) is 4.92 Å². The van der Waals surface area contributed by atoms with Crippen molar-refractivity contribution < 1.29 is 14.1 Å². The third-order valence-electron chi connectivity index (χ3n) is 5.16. The minimum Gasteiger partial charge on any atom is -0.338 e. The Morgan fingerprint density at radius 3 is 2.48 bits per heavy atom. The highest BCUT2D eigenvalue weighted by Crippen LogP contribution is 2.40. The molecule has 2 fully saturated rings. The molecule has 0 aliphatic carbocycles. The van der Waals surface area contributed by atoms with E-state index in [2.05, 4.69) is 5.32 Å². The van der Waals surface area contributed by atoms with Crippen LogP contribution in [0.25, 0.3) is 0 Å². The summed E-state index contributed by atoms with van der Waals surface area (Å²) in [6, 6.07) is 3.03. The molecular formula is C16H20FN3O3. The van der Waals surface area contributed by atoms with E-state index in [0.29, 0.717) is 13.1 Å². The predicted molar refractivity (Wildman–Crippen MR) is 82.7 cm³/mol. The number of nitrogens with one attached hydrogen (secondary N) is 1. The van der Waals surface area contributed by atoms with Crippen LogP contribution in [0.5, 0.6) is 0 Å². The van der Waals surface area contributed by atoms with Gasteiger partial charge in [0.25, 0.3) is 11.6 Å². The van der Waals surface area contributed by atoms with Crippen molar-refractivity contribution in [3.8, 4) is 0 Å². The quantitative estimate of drug-likeness (QED) is 0.670. The molecule has 0 unspecified atom stereocenters. The number of amides is 1. The Labute approximate surface area is 133 Å². The first-order valence-corrected chi connectivity index (χ1v) is 7.95. The second kappa shape index (κ2) is 6.23. The summed E-state index contributed by atoms with van der Waals surface area (Å²) < 4.78 is 13.4. The molecule has 3 rings (SSSR count). The molecule has 1 spiro atoms. The molecule has 6 nitrogen and oxygen atoms in total. The molecule has 0 bridgehead atoms. The van der Waals surface area contributed by atoms with Gasteiger partial charge < -0.3 is 10.2 Å². The summed E-state index contributed by atoms with van der Waals surface area (Å²) in [5, 5.41) is 14.4. The normalized spacial score (nSPS) is 20.5. The van der Waals surface area contributed by atoms with E-state index in [1.165, 1.54) is 0 Å². The molecule has 2 aliphatic rings. The number of hydrogen-bond donors (Lipinski definition) is 1. The Bertz CT molecular complexity index is 619. The number of piperidine rings is 2. The number of hydrogen-bond acceptors (Lipinski definition) is 4. The Kier molecular flexibility index (Phi) is 4.30. The molecule has 0 atom stereocenters. The zero-order valence-electron chi connectivity index (χ0n) is 12.9. The van der Waals surface area contributed by atoms with Gasteiger partial charge in [-0.1, -0.05) is 0 Å². The van der Waals surface area contributed by atoms with Crippen LogP contribution in [-0.4, -0.2) is 41.9 Å². The van der Waals surface area contributed by atoms with Gasteiger partial charge in [-0.25, -0.2) is 4.39 Å². The van der Waals surface area contributed by atoms with Crippen molar-refractivity contribution in [1.29, 1.82) is 0 Å². The van der Waals surface area contributed by atoms with Gasteiger partial charge >= 0.3 is 0 Å². The lowest BCUT2D eigenvalue weighted by Gasteiger charge is -2.44. The maximum Gasteiger partial charge on any atom is 0.282 e. The number of carbonyl (C=O) groups excluding carboxylic acids is 1. The molecule has 2 saturated heterocycles. The molecule has 23 heavy (non-hydrogen) atoms. The number of rotatable bonds is 2. The fourth-order valence-electron chi connectivity index (χ4n) is 3.65. The van der Waals surface area contributed by atoms with Crippen molar-refractivity contribution in [1.82, 2.24) is 10.2 Å². The zero-order valence-corrected chi connectivity index (χ0v) is 12.9. The van der Waals surface area contributed by atoms with Gasteiger partial charge in [-0.15, -0.1) is 0 Å². The molecule has 1 N–H and O–H groups in total. The summed E-state index contributed by atoms with van der Waals surface area (Å²) in [4.78, 5) is 24.6. The van der Waals surface area contributed by atoms with E-state index in [-0.39, 0.29) is 16.7 Å². The van der Waals surface area contributed by atoms with Crippen LogP contribution in [0.4, 0.5) is 10.1 Å². The topological polar surface area (TPSA) is 75.5 Å². The number of halogens is 1. The number of benzene rings is 1. The van der Waals surface area contributed by atoms with Crippen molar-refractivity contribution in [2.45, 2.75) is 25.7 Å². The SMILES string of the molecule is O=C(c1cc(F)ccc1[N+](=O)[O-])N1CCC2(CCNCC2)CC1. The number of likely N-dealkylation sites (tertiary alicyclic amines) is 1. The van der Waals surface area contributed by atoms with Crippen LogP contribution in [0.2, 0.25) is 0 Å². The first-order valence-electron chi connectivity index (χ1n) is 7.95. The summed E-state index contributed by atoms with van der Waals surface area (Å²) in [6.45, 7) is 3.16. The largest absolute Gasteiger partial charge is 0.338 e. The molecule has 0 aromatic heterocycles. The summed E-state index contributed by atoms with van der Waals surface area (Å²) in [5.41, 5.74) is -0.203. The molecular weight excluding hydrogens is 301 g/mol. The van der Waals surface area contributed by atoms with E-state index in [9.17, 15) is 19.3 Å². The van der Waals surface area contributed by atoms with Crippen molar-refractivity contribution in [2.24, 2.45) is 5.41 Å².